The lowest BCUT2D eigenvalue weighted by Gasteiger charge is -2.38. The van der Waals surface area contributed by atoms with Crippen LogP contribution in [-0.4, -0.2) is 38.5 Å². The first-order valence-corrected chi connectivity index (χ1v) is 9.88. The van der Waals surface area contributed by atoms with Crippen molar-refractivity contribution in [2.75, 3.05) is 11.9 Å². The zero-order chi connectivity index (χ0) is 23.0. The molecule has 3 aromatic rings. The third-order valence-electron chi connectivity index (χ3n) is 5.46. The molecule has 8 heteroatoms. The van der Waals surface area contributed by atoms with Crippen molar-refractivity contribution in [3.05, 3.63) is 59.4 Å². The van der Waals surface area contributed by atoms with Crippen LogP contribution >= 0.6 is 0 Å². The van der Waals surface area contributed by atoms with Crippen LogP contribution in [0.15, 0.2) is 42.6 Å². The van der Waals surface area contributed by atoms with Crippen LogP contribution in [0.5, 0.6) is 5.75 Å². The number of fused-ring (bicyclic) bond motifs is 1. The molecule has 0 aliphatic heterocycles. The summed E-state index contributed by atoms with van der Waals surface area (Å²) in [6, 6.07) is 9.84. The standard InChI is InChI=1S/C23H26F3N3O2/c1-14-5-8-17(19(30)11-14)21(3,4)12-22(31,23(24,25)26)13-28-18-9-10-27-20-16(18)7-6-15(2)29-20/h5-11,30-31H,12-13H2,1-4H3,(H,27,28,29). The molecule has 0 fully saturated rings. The highest BCUT2D eigenvalue weighted by atomic mass is 19.4. The van der Waals surface area contributed by atoms with E-state index in [0.717, 1.165) is 11.3 Å². The molecule has 2 heterocycles. The molecule has 1 unspecified atom stereocenters. The Balaban J connectivity index is 1.91. The van der Waals surface area contributed by atoms with Crippen molar-refractivity contribution in [2.45, 2.75) is 51.3 Å². The largest absolute Gasteiger partial charge is 0.508 e. The van der Waals surface area contributed by atoms with Crippen LogP contribution in [0.4, 0.5) is 18.9 Å². The van der Waals surface area contributed by atoms with E-state index in [1.165, 1.54) is 12.3 Å². The summed E-state index contributed by atoms with van der Waals surface area (Å²) in [5.74, 6) is -0.0935. The third kappa shape index (κ3) is 4.74. The predicted octanol–water partition coefficient (Wildman–Crippen LogP) is 5.03. The van der Waals surface area contributed by atoms with Gasteiger partial charge in [-0.1, -0.05) is 26.0 Å². The molecule has 0 amide bonds. The quantitative estimate of drug-likeness (QED) is 0.509. The Bertz CT molecular complexity index is 1100. The number of aryl methyl sites for hydroxylation is 2. The van der Waals surface area contributed by atoms with Crippen LogP contribution in [0, 0.1) is 13.8 Å². The molecule has 3 rings (SSSR count). The fraction of sp³-hybridized carbons (Fsp3) is 0.391. The molecule has 0 bridgehead atoms. The topological polar surface area (TPSA) is 78.3 Å². The highest BCUT2D eigenvalue weighted by Gasteiger charge is 2.56. The van der Waals surface area contributed by atoms with Gasteiger partial charge in [-0.25, -0.2) is 9.97 Å². The van der Waals surface area contributed by atoms with Gasteiger partial charge < -0.3 is 15.5 Å². The number of hydrogen-bond donors (Lipinski definition) is 3. The second kappa shape index (κ2) is 8.00. The number of phenols is 1. The van der Waals surface area contributed by atoms with E-state index in [1.807, 2.05) is 0 Å². The molecule has 1 aromatic carbocycles. The number of aliphatic hydroxyl groups is 1. The summed E-state index contributed by atoms with van der Waals surface area (Å²) in [6.07, 6.45) is -4.08. The molecule has 31 heavy (non-hydrogen) atoms. The molecule has 1 atom stereocenters. The highest BCUT2D eigenvalue weighted by Crippen LogP contribution is 2.43. The number of aromatic hydroxyl groups is 1. The predicted molar refractivity (Wildman–Crippen MR) is 114 cm³/mol. The summed E-state index contributed by atoms with van der Waals surface area (Å²) in [7, 11) is 0. The van der Waals surface area contributed by atoms with E-state index in [9.17, 15) is 23.4 Å². The summed E-state index contributed by atoms with van der Waals surface area (Å²) < 4.78 is 42.0. The zero-order valence-electron chi connectivity index (χ0n) is 17.9. The van der Waals surface area contributed by atoms with Gasteiger partial charge in [0.2, 0.25) is 0 Å². The molecule has 166 valence electrons. The fourth-order valence-electron chi connectivity index (χ4n) is 3.82. The first kappa shape index (κ1) is 22.8. The van der Waals surface area contributed by atoms with Crippen molar-refractivity contribution in [1.82, 2.24) is 9.97 Å². The Morgan fingerprint density at radius 2 is 1.74 bits per heavy atom. The number of pyridine rings is 2. The summed E-state index contributed by atoms with van der Waals surface area (Å²) in [5.41, 5.74) is -1.51. The van der Waals surface area contributed by atoms with E-state index in [1.54, 1.807) is 58.0 Å². The number of aromatic nitrogens is 2. The van der Waals surface area contributed by atoms with Gasteiger partial charge in [-0.3, -0.25) is 0 Å². The highest BCUT2D eigenvalue weighted by molar-refractivity contribution is 5.88. The first-order valence-electron chi connectivity index (χ1n) is 9.88. The van der Waals surface area contributed by atoms with Crippen molar-refractivity contribution in [3.8, 4) is 5.75 Å². The lowest BCUT2D eigenvalue weighted by atomic mass is 9.74. The maximum absolute atomic E-state index is 14.0. The van der Waals surface area contributed by atoms with Gasteiger partial charge in [0.05, 0.1) is 6.54 Å². The van der Waals surface area contributed by atoms with Gasteiger partial charge in [-0.2, -0.15) is 13.2 Å². The van der Waals surface area contributed by atoms with Gasteiger partial charge in [0.15, 0.2) is 11.2 Å². The number of nitrogens with zero attached hydrogens (tertiary/aromatic N) is 2. The Hall–Kier alpha value is -2.87. The molecule has 5 nitrogen and oxygen atoms in total. The van der Waals surface area contributed by atoms with Crippen molar-refractivity contribution < 1.29 is 23.4 Å². The minimum atomic E-state index is -4.89. The lowest BCUT2D eigenvalue weighted by Crippen LogP contribution is -2.53. The van der Waals surface area contributed by atoms with Crippen molar-refractivity contribution >= 4 is 16.7 Å². The van der Waals surface area contributed by atoms with Crippen LogP contribution in [0.1, 0.15) is 37.1 Å². The zero-order valence-corrected chi connectivity index (χ0v) is 17.9. The molecule has 0 radical (unpaired) electrons. The second-order valence-electron chi connectivity index (χ2n) is 8.65. The number of nitrogens with one attached hydrogen (secondary N) is 1. The average molecular weight is 433 g/mol. The van der Waals surface area contributed by atoms with Crippen LogP contribution in [0.25, 0.3) is 11.0 Å². The Labute approximate surface area is 179 Å². The minimum Gasteiger partial charge on any atom is -0.508 e. The van der Waals surface area contributed by atoms with Crippen molar-refractivity contribution in [3.63, 3.8) is 0 Å². The average Bonchev–Trinajstić information content (AvgIpc) is 2.64. The number of halogens is 3. The third-order valence-corrected chi connectivity index (χ3v) is 5.46. The van der Waals surface area contributed by atoms with E-state index in [4.69, 9.17) is 0 Å². The lowest BCUT2D eigenvalue weighted by molar-refractivity contribution is -0.260. The fourth-order valence-corrected chi connectivity index (χ4v) is 3.82. The molecular formula is C23H26F3N3O2. The summed E-state index contributed by atoms with van der Waals surface area (Å²) in [6.45, 7) is 5.96. The normalized spacial score (nSPS) is 14.5. The number of hydrogen-bond acceptors (Lipinski definition) is 5. The van der Waals surface area contributed by atoms with Gasteiger partial charge in [-0.05, 0) is 61.1 Å². The molecule has 0 saturated carbocycles. The monoisotopic (exact) mass is 433 g/mol. The molecule has 0 aliphatic carbocycles. The molecule has 3 N–H and O–H groups in total. The van der Waals surface area contributed by atoms with Gasteiger partial charge in [0, 0.05) is 23.0 Å². The van der Waals surface area contributed by atoms with Gasteiger partial charge in [-0.15, -0.1) is 0 Å². The molecule has 0 saturated heterocycles. The van der Waals surface area contributed by atoms with E-state index in [-0.39, 0.29) is 5.75 Å². The van der Waals surface area contributed by atoms with E-state index in [0.29, 0.717) is 22.3 Å². The van der Waals surface area contributed by atoms with Crippen LogP contribution in [0.2, 0.25) is 0 Å². The number of phenolic OH excluding ortho intramolecular Hbond substituents is 1. The summed E-state index contributed by atoms with van der Waals surface area (Å²) in [4.78, 5) is 8.43. The Kier molecular flexibility index (Phi) is 5.88. The SMILES string of the molecule is Cc1ccc(C(C)(C)CC(O)(CNc2ccnc3nc(C)ccc23)C(F)(F)F)c(O)c1. The van der Waals surface area contributed by atoms with Gasteiger partial charge in [0.1, 0.15) is 5.75 Å². The van der Waals surface area contributed by atoms with Crippen molar-refractivity contribution in [1.29, 1.82) is 0 Å². The summed E-state index contributed by atoms with van der Waals surface area (Å²) >= 11 is 0. The van der Waals surface area contributed by atoms with Gasteiger partial charge >= 0.3 is 6.18 Å². The van der Waals surface area contributed by atoms with Crippen LogP contribution in [-0.2, 0) is 5.41 Å². The van der Waals surface area contributed by atoms with Crippen LogP contribution < -0.4 is 5.32 Å². The van der Waals surface area contributed by atoms with Gasteiger partial charge in [0.25, 0.3) is 0 Å². The Morgan fingerprint density at radius 3 is 2.39 bits per heavy atom. The van der Waals surface area contributed by atoms with E-state index in [2.05, 4.69) is 15.3 Å². The molecule has 0 aliphatic rings. The number of benzene rings is 1. The smallest absolute Gasteiger partial charge is 0.418 e. The minimum absolute atomic E-state index is 0.0935. The molecular weight excluding hydrogens is 407 g/mol. The van der Waals surface area contributed by atoms with E-state index < -0.39 is 30.2 Å². The number of rotatable bonds is 6. The van der Waals surface area contributed by atoms with Crippen molar-refractivity contribution in [2.24, 2.45) is 0 Å². The number of anilines is 1. The van der Waals surface area contributed by atoms with E-state index >= 15 is 0 Å². The molecule has 2 aromatic heterocycles. The Morgan fingerprint density at radius 1 is 1.03 bits per heavy atom. The summed E-state index contributed by atoms with van der Waals surface area (Å²) in [5, 5.41) is 24.4. The second-order valence-corrected chi connectivity index (χ2v) is 8.65. The maximum atomic E-state index is 14.0. The first-order chi connectivity index (χ1) is 14.3. The molecule has 0 spiro atoms. The maximum Gasteiger partial charge on any atom is 0.418 e. The van der Waals surface area contributed by atoms with Crippen LogP contribution in [0.3, 0.4) is 0 Å². The number of alkyl halides is 3.